The van der Waals surface area contributed by atoms with Crippen LogP contribution in [0.25, 0.3) is 0 Å². The number of hydrogen-bond donors (Lipinski definition) is 2. The van der Waals surface area contributed by atoms with Gasteiger partial charge in [0, 0.05) is 0 Å². The van der Waals surface area contributed by atoms with Gasteiger partial charge in [0.05, 0.1) is 18.3 Å². The molecule has 0 aliphatic carbocycles. The van der Waals surface area contributed by atoms with E-state index in [-0.39, 0.29) is 64.6 Å². The Kier molecular flexibility index (Phi) is 28.9. The maximum atomic E-state index is 8.25. The second-order valence-corrected chi connectivity index (χ2v) is 0.671. The molecule has 0 atom stereocenters. The summed E-state index contributed by atoms with van der Waals surface area (Å²) in [5.41, 5.74) is 0. The summed E-state index contributed by atoms with van der Waals surface area (Å²) >= 11 is 0. The third-order valence-electron chi connectivity index (χ3n) is 0.1000. The van der Waals surface area contributed by atoms with Crippen molar-refractivity contribution in [1.29, 1.82) is 0 Å². The zero-order valence-electron chi connectivity index (χ0n) is 4.98. The summed E-state index contributed by atoms with van der Waals surface area (Å²) in [5.74, 6) is 0. The van der Waals surface area contributed by atoms with Crippen LogP contribution in [0, 0.1) is 15.3 Å². The number of nitrogens with zero attached hydrogens (tertiary/aromatic N) is 1. The Balaban J connectivity index is -0.0000000720. The molecular weight excluding hydrogens is 157 g/mol. The summed E-state index contributed by atoms with van der Waals surface area (Å²) in [7, 11) is 0. The molecular formula is C2H6KNO5. The van der Waals surface area contributed by atoms with E-state index in [9.17, 15) is 0 Å². The summed E-state index contributed by atoms with van der Waals surface area (Å²) < 4.78 is 0. The fourth-order valence-electron chi connectivity index (χ4n) is 0. The Morgan fingerprint density at radius 1 is 1.22 bits per heavy atom. The number of hydrogen-bond acceptors (Lipinski definition) is 5. The maximum Gasteiger partial charge on any atom is 1.00 e. The molecule has 0 aliphatic heterocycles. The number of rotatable bonds is 1. The minimum absolute atomic E-state index is 0. The van der Waals surface area contributed by atoms with Crippen molar-refractivity contribution in [3.8, 4) is 0 Å². The molecule has 0 radical (unpaired) electrons. The van der Waals surface area contributed by atoms with Crippen LogP contribution >= 0.6 is 0 Å². The largest absolute Gasteiger partial charge is 1.00 e. The summed E-state index contributed by atoms with van der Waals surface area (Å²) in [6.07, 6.45) is 0. The van der Waals surface area contributed by atoms with Crippen LogP contribution in [-0.4, -0.2) is 28.5 Å². The molecule has 7 heteroatoms. The van der Waals surface area contributed by atoms with Gasteiger partial charge in [-0.15, -0.1) is 0 Å². The van der Waals surface area contributed by atoms with Gasteiger partial charge in [-0.25, -0.2) is 0 Å². The minimum atomic E-state index is -1.75. The molecule has 2 N–H and O–H groups in total. The van der Waals surface area contributed by atoms with E-state index in [1.807, 2.05) is 0 Å². The summed E-state index contributed by atoms with van der Waals surface area (Å²) in [5, 5.41) is 30.0. The average Bonchev–Trinajstić information content (AvgIpc) is 1.65. The molecule has 50 valence electrons. The molecule has 0 heterocycles. The van der Waals surface area contributed by atoms with E-state index in [0.29, 0.717) is 0 Å². The van der Waals surface area contributed by atoms with Crippen LogP contribution in [0.2, 0.25) is 0 Å². The number of aliphatic hydroxyl groups is 2. The zero-order chi connectivity index (χ0) is 6.99. The van der Waals surface area contributed by atoms with Gasteiger partial charge in [0.2, 0.25) is 0 Å². The predicted molar refractivity (Wildman–Crippen MR) is 24.5 cm³/mol. The predicted octanol–water partition coefficient (Wildman–Crippen LogP) is -4.26. The van der Waals surface area contributed by atoms with E-state index in [1.165, 1.54) is 0 Å². The quantitative estimate of drug-likeness (QED) is 0.231. The summed E-state index contributed by atoms with van der Waals surface area (Å²) in [4.78, 5) is 8.25. The number of aliphatic hydroxyl groups excluding tert-OH is 2. The molecule has 0 aromatic rings. The third-order valence-corrected chi connectivity index (χ3v) is 0.1000. The fourth-order valence-corrected chi connectivity index (χ4v) is 0. The molecule has 9 heavy (non-hydrogen) atoms. The normalized spacial score (nSPS) is 6.00. The van der Waals surface area contributed by atoms with Crippen molar-refractivity contribution in [3.05, 3.63) is 15.3 Å². The fraction of sp³-hybridized carbons (Fsp3) is 1.00. The summed E-state index contributed by atoms with van der Waals surface area (Å²) in [6.45, 7) is -0.250. The van der Waals surface area contributed by atoms with Crippen LogP contribution in [0.1, 0.15) is 0 Å². The molecule has 0 unspecified atom stereocenters. The first-order chi connectivity index (χ1) is 3.65. The van der Waals surface area contributed by atoms with Crippen molar-refractivity contribution in [2.45, 2.75) is 0 Å². The van der Waals surface area contributed by atoms with Gasteiger partial charge in [-0.1, -0.05) is 0 Å². The van der Waals surface area contributed by atoms with Gasteiger partial charge < -0.3 is 25.5 Å². The van der Waals surface area contributed by atoms with E-state index >= 15 is 0 Å². The first kappa shape index (κ1) is 16.4. The van der Waals surface area contributed by atoms with Crippen LogP contribution in [0.15, 0.2) is 0 Å². The Morgan fingerprint density at radius 2 is 1.33 bits per heavy atom. The monoisotopic (exact) mass is 163 g/mol. The molecule has 0 aromatic heterocycles. The van der Waals surface area contributed by atoms with E-state index in [2.05, 4.69) is 0 Å². The van der Waals surface area contributed by atoms with Crippen molar-refractivity contribution in [3.63, 3.8) is 0 Å². The summed E-state index contributed by atoms with van der Waals surface area (Å²) in [6, 6.07) is 0. The van der Waals surface area contributed by atoms with Gasteiger partial charge in [0.1, 0.15) is 0 Å². The Morgan fingerprint density at radius 3 is 1.33 bits per heavy atom. The maximum absolute atomic E-state index is 8.25. The van der Waals surface area contributed by atoms with E-state index < -0.39 is 5.09 Å². The van der Waals surface area contributed by atoms with Gasteiger partial charge >= 0.3 is 51.4 Å². The van der Waals surface area contributed by atoms with Crippen molar-refractivity contribution in [1.82, 2.24) is 0 Å². The minimum Gasteiger partial charge on any atom is -0.394 e. The Hall–Kier alpha value is 0.756. The standard InChI is InChI=1S/C2H6O2.K.NO3/c3-1-2-4;;2-1(3)4/h3-4H,1-2H2;;/q;+1;-1. The van der Waals surface area contributed by atoms with Crippen LogP contribution < -0.4 is 51.4 Å². The molecule has 0 spiro atoms. The van der Waals surface area contributed by atoms with Crippen molar-refractivity contribution >= 4 is 0 Å². The van der Waals surface area contributed by atoms with Crippen LogP contribution in [-0.2, 0) is 0 Å². The first-order valence-electron chi connectivity index (χ1n) is 1.68. The van der Waals surface area contributed by atoms with Crippen molar-refractivity contribution in [2.75, 3.05) is 13.2 Å². The molecule has 0 saturated heterocycles. The molecule has 0 fully saturated rings. The zero-order valence-corrected chi connectivity index (χ0v) is 8.10. The van der Waals surface area contributed by atoms with Gasteiger partial charge in [0.25, 0.3) is 0 Å². The van der Waals surface area contributed by atoms with E-state index in [4.69, 9.17) is 25.5 Å². The third kappa shape index (κ3) is 130. The van der Waals surface area contributed by atoms with Crippen LogP contribution in [0.5, 0.6) is 0 Å². The smallest absolute Gasteiger partial charge is 0.394 e. The Bertz CT molecular complexity index is 52.9. The topological polar surface area (TPSA) is 107 Å². The van der Waals surface area contributed by atoms with Gasteiger partial charge in [-0.3, -0.25) is 0 Å². The van der Waals surface area contributed by atoms with Gasteiger partial charge in [-0.05, 0) is 0 Å². The average molecular weight is 163 g/mol. The molecule has 0 aromatic carbocycles. The van der Waals surface area contributed by atoms with E-state index in [1.54, 1.807) is 0 Å². The molecule has 0 amide bonds. The molecule has 6 nitrogen and oxygen atoms in total. The van der Waals surface area contributed by atoms with Crippen LogP contribution in [0.4, 0.5) is 0 Å². The van der Waals surface area contributed by atoms with Crippen LogP contribution in [0.3, 0.4) is 0 Å². The molecule has 0 aliphatic rings. The van der Waals surface area contributed by atoms with Gasteiger partial charge in [0.15, 0.2) is 0 Å². The second-order valence-electron chi connectivity index (χ2n) is 0.671. The molecule has 0 rings (SSSR count). The van der Waals surface area contributed by atoms with Gasteiger partial charge in [-0.2, -0.15) is 0 Å². The molecule has 0 saturated carbocycles. The van der Waals surface area contributed by atoms with Crippen molar-refractivity contribution in [2.24, 2.45) is 0 Å². The first-order valence-corrected chi connectivity index (χ1v) is 1.68. The molecule has 0 bridgehead atoms. The Labute approximate surface area is 94.0 Å². The SMILES string of the molecule is O=[N+]([O-])[O-].OCCO.[K+]. The van der Waals surface area contributed by atoms with Crippen molar-refractivity contribution < 1.29 is 66.7 Å². The second kappa shape index (κ2) is 15.9. The van der Waals surface area contributed by atoms with E-state index in [0.717, 1.165) is 0 Å².